The molecule has 18 heavy (non-hydrogen) atoms. The fraction of sp³-hybridized carbons (Fsp3) is 0.600. The summed E-state index contributed by atoms with van der Waals surface area (Å²) in [5.41, 5.74) is 2.63. The number of rotatable bonds is 4. The van der Waals surface area contributed by atoms with Crippen molar-refractivity contribution in [3.05, 3.63) is 34.6 Å². The summed E-state index contributed by atoms with van der Waals surface area (Å²) >= 11 is 3.71. The van der Waals surface area contributed by atoms with E-state index in [0.717, 1.165) is 30.6 Å². The van der Waals surface area contributed by atoms with E-state index < -0.39 is 0 Å². The Morgan fingerprint density at radius 1 is 1.39 bits per heavy atom. The minimum atomic E-state index is -0.0856. The zero-order valence-corrected chi connectivity index (χ0v) is 12.6. The van der Waals surface area contributed by atoms with Crippen molar-refractivity contribution in [2.75, 3.05) is 6.61 Å². The van der Waals surface area contributed by atoms with E-state index in [1.165, 1.54) is 18.4 Å². The van der Waals surface area contributed by atoms with Gasteiger partial charge in [0.1, 0.15) is 5.82 Å². The second-order valence-electron chi connectivity index (χ2n) is 5.15. The minimum absolute atomic E-state index is 0.0856. The molecule has 2 atom stereocenters. The lowest BCUT2D eigenvalue weighted by atomic mass is 10.0. The summed E-state index contributed by atoms with van der Waals surface area (Å²) in [6.07, 6.45) is 4.90. The van der Waals surface area contributed by atoms with Gasteiger partial charge in [0.15, 0.2) is 0 Å². The molecule has 0 amide bonds. The zero-order valence-electron chi connectivity index (χ0n) is 11.0. The largest absolute Gasteiger partial charge is 0.378 e. The summed E-state index contributed by atoms with van der Waals surface area (Å²) in [7, 11) is 0. The second kappa shape index (κ2) is 6.16. The SMILES string of the molecule is Cc1cc(C(Br)CCC2CCCO2)cc(C)c1F. The first-order chi connectivity index (χ1) is 8.58. The Labute approximate surface area is 117 Å². The molecule has 1 fully saturated rings. The van der Waals surface area contributed by atoms with Gasteiger partial charge in [-0.05, 0) is 56.2 Å². The van der Waals surface area contributed by atoms with Crippen LogP contribution in [0, 0.1) is 19.7 Å². The van der Waals surface area contributed by atoms with Crippen LogP contribution in [0.25, 0.3) is 0 Å². The Morgan fingerprint density at radius 2 is 2.06 bits per heavy atom. The van der Waals surface area contributed by atoms with Gasteiger partial charge in [-0.3, -0.25) is 0 Å². The molecule has 1 heterocycles. The van der Waals surface area contributed by atoms with E-state index in [0.29, 0.717) is 10.9 Å². The van der Waals surface area contributed by atoms with Crippen LogP contribution in [0.2, 0.25) is 0 Å². The molecule has 3 heteroatoms. The third-order valence-corrected chi connectivity index (χ3v) is 4.57. The molecule has 1 nitrogen and oxygen atoms in total. The first-order valence-electron chi connectivity index (χ1n) is 6.60. The van der Waals surface area contributed by atoms with Crippen molar-refractivity contribution in [1.82, 2.24) is 0 Å². The molecule has 1 saturated heterocycles. The number of benzene rings is 1. The van der Waals surface area contributed by atoms with Crippen molar-refractivity contribution in [2.45, 2.75) is 50.5 Å². The minimum Gasteiger partial charge on any atom is -0.378 e. The maximum absolute atomic E-state index is 13.6. The Balaban J connectivity index is 1.97. The quantitative estimate of drug-likeness (QED) is 0.723. The third-order valence-electron chi connectivity index (χ3n) is 3.59. The summed E-state index contributed by atoms with van der Waals surface area (Å²) < 4.78 is 19.2. The molecule has 0 radical (unpaired) electrons. The summed E-state index contributed by atoms with van der Waals surface area (Å²) in [6.45, 7) is 4.56. The number of ether oxygens (including phenoxy) is 1. The van der Waals surface area contributed by atoms with Crippen LogP contribution in [0.15, 0.2) is 12.1 Å². The van der Waals surface area contributed by atoms with Crippen LogP contribution in [-0.2, 0) is 4.74 Å². The number of halogens is 2. The fourth-order valence-electron chi connectivity index (χ4n) is 2.53. The lowest BCUT2D eigenvalue weighted by Gasteiger charge is -2.15. The molecular weight excluding hydrogens is 295 g/mol. The smallest absolute Gasteiger partial charge is 0.129 e. The molecule has 1 aromatic carbocycles. The number of hydrogen-bond acceptors (Lipinski definition) is 1. The highest BCUT2D eigenvalue weighted by Crippen LogP contribution is 2.32. The maximum atomic E-state index is 13.6. The highest BCUT2D eigenvalue weighted by atomic mass is 79.9. The molecule has 1 aliphatic heterocycles. The van der Waals surface area contributed by atoms with Gasteiger partial charge in [-0.25, -0.2) is 4.39 Å². The van der Waals surface area contributed by atoms with Crippen molar-refractivity contribution in [3.63, 3.8) is 0 Å². The molecule has 2 rings (SSSR count). The van der Waals surface area contributed by atoms with Crippen LogP contribution >= 0.6 is 15.9 Å². The van der Waals surface area contributed by atoms with E-state index in [9.17, 15) is 4.39 Å². The summed E-state index contributed by atoms with van der Waals surface area (Å²) in [5, 5.41) is 0. The van der Waals surface area contributed by atoms with Crippen LogP contribution in [0.4, 0.5) is 4.39 Å². The first kappa shape index (κ1) is 14.0. The van der Waals surface area contributed by atoms with Gasteiger partial charge in [0.05, 0.1) is 6.10 Å². The summed E-state index contributed by atoms with van der Waals surface area (Å²) in [4.78, 5) is 0.291. The first-order valence-corrected chi connectivity index (χ1v) is 7.52. The molecular formula is C15H20BrFO. The lowest BCUT2D eigenvalue weighted by molar-refractivity contribution is 0.102. The molecule has 0 saturated carbocycles. The second-order valence-corrected chi connectivity index (χ2v) is 6.25. The van der Waals surface area contributed by atoms with Crippen molar-refractivity contribution in [2.24, 2.45) is 0 Å². The average Bonchev–Trinajstić information content (AvgIpc) is 2.85. The van der Waals surface area contributed by atoms with Crippen molar-refractivity contribution in [1.29, 1.82) is 0 Å². The summed E-state index contributed by atoms with van der Waals surface area (Å²) in [5.74, 6) is -0.0856. The van der Waals surface area contributed by atoms with Crippen LogP contribution in [0.1, 0.15) is 47.2 Å². The fourth-order valence-corrected chi connectivity index (χ4v) is 3.06. The van der Waals surface area contributed by atoms with E-state index in [1.807, 2.05) is 26.0 Å². The van der Waals surface area contributed by atoms with Gasteiger partial charge in [-0.2, -0.15) is 0 Å². The lowest BCUT2D eigenvalue weighted by Crippen LogP contribution is -2.06. The monoisotopic (exact) mass is 314 g/mol. The van der Waals surface area contributed by atoms with Gasteiger partial charge in [0.2, 0.25) is 0 Å². The molecule has 0 aliphatic carbocycles. The predicted octanol–water partition coefficient (Wildman–Crippen LogP) is 4.84. The van der Waals surface area contributed by atoms with Crippen LogP contribution in [0.3, 0.4) is 0 Å². The van der Waals surface area contributed by atoms with Gasteiger partial charge in [0, 0.05) is 11.4 Å². The molecule has 2 unspecified atom stereocenters. The van der Waals surface area contributed by atoms with E-state index in [4.69, 9.17) is 4.74 Å². The third kappa shape index (κ3) is 3.33. The van der Waals surface area contributed by atoms with Gasteiger partial charge in [-0.1, -0.05) is 28.1 Å². The number of hydrogen-bond donors (Lipinski definition) is 0. The van der Waals surface area contributed by atoms with E-state index >= 15 is 0 Å². The van der Waals surface area contributed by atoms with Crippen molar-refractivity contribution >= 4 is 15.9 Å². The Bertz CT molecular complexity index is 390. The van der Waals surface area contributed by atoms with Gasteiger partial charge >= 0.3 is 0 Å². The van der Waals surface area contributed by atoms with Crippen molar-refractivity contribution < 1.29 is 9.13 Å². The van der Waals surface area contributed by atoms with E-state index in [1.54, 1.807) is 0 Å². The highest BCUT2D eigenvalue weighted by Gasteiger charge is 2.18. The summed E-state index contributed by atoms with van der Waals surface area (Å²) in [6, 6.07) is 3.88. The van der Waals surface area contributed by atoms with Crippen LogP contribution < -0.4 is 0 Å². The van der Waals surface area contributed by atoms with Gasteiger partial charge in [-0.15, -0.1) is 0 Å². The molecule has 1 aromatic rings. The topological polar surface area (TPSA) is 9.23 Å². The normalized spacial score (nSPS) is 21.2. The highest BCUT2D eigenvalue weighted by molar-refractivity contribution is 9.09. The average molecular weight is 315 g/mol. The zero-order chi connectivity index (χ0) is 13.1. The molecule has 0 aromatic heterocycles. The standard InChI is InChI=1S/C15H20BrFO/c1-10-8-12(9-11(2)15(10)17)14(16)6-5-13-4-3-7-18-13/h8-9,13-14H,3-7H2,1-2H3. The predicted molar refractivity (Wildman–Crippen MR) is 75.8 cm³/mol. The molecule has 0 bridgehead atoms. The molecule has 100 valence electrons. The Morgan fingerprint density at radius 3 is 2.61 bits per heavy atom. The van der Waals surface area contributed by atoms with E-state index in [2.05, 4.69) is 15.9 Å². The van der Waals surface area contributed by atoms with Crippen molar-refractivity contribution in [3.8, 4) is 0 Å². The number of aryl methyl sites for hydroxylation is 2. The Hall–Kier alpha value is -0.410. The van der Waals surface area contributed by atoms with Gasteiger partial charge in [0.25, 0.3) is 0 Å². The molecule has 1 aliphatic rings. The van der Waals surface area contributed by atoms with Gasteiger partial charge < -0.3 is 4.74 Å². The molecule has 0 N–H and O–H groups in total. The maximum Gasteiger partial charge on any atom is 0.129 e. The van der Waals surface area contributed by atoms with E-state index in [-0.39, 0.29) is 5.82 Å². The molecule has 0 spiro atoms. The van der Waals surface area contributed by atoms with Crippen LogP contribution in [-0.4, -0.2) is 12.7 Å². The Kier molecular flexibility index (Phi) is 4.79. The van der Waals surface area contributed by atoms with Crippen LogP contribution in [0.5, 0.6) is 0 Å². The number of alkyl halides is 1.